The molecule has 0 bridgehead atoms. The lowest BCUT2D eigenvalue weighted by molar-refractivity contribution is 0.820. The summed E-state index contributed by atoms with van der Waals surface area (Å²) in [6, 6.07) is 0. The molecule has 1 aliphatic rings. The Hall–Kier alpha value is -0.0600. The number of nitrogens with two attached hydrogens (primary N) is 1. The largest absolute Gasteiger partial charge is 0.330 e. The zero-order valence-corrected chi connectivity index (χ0v) is 9.22. The molecule has 0 aliphatic carbocycles. The lowest BCUT2D eigenvalue weighted by Gasteiger charge is -2.06. The predicted molar refractivity (Wildman–Crippen MR) is 59.4 cm³/mol. The summed E-state index contributed by atoms with van der Waals surface area (Å²) in [5.41, 5.74) is 6.83. The summed E-state index contributed by atoms with van der Waals surface area (Å²) in [4.78, 5) is 6.14. The van der Waals surface area contributed by atoms with E-state index in [4.69, 9.17) is 5.73 Å². The fourth-order valence-electron chi connectivity index (χ4n) is 1.44. The van der Waals surface area contributed by atoms with Gasteiger partial charge < -0.3 is 5.73 Å². The van der Waals surface area contributed by atoms with Crippen molar-refractivity contribution in [2.75, 3.05) is 12.3 Å². The second-order valence-corrected chi connectivity index (χ2v) is 5.45. The van der Waals surface area contributed by atoms with Crippen LogP contribution in [-0.4, -0.2) is 17.3 Å². The van der Waals surface area contributed by atoms with E-state index < -0.39 is 0 Å². The first-order valence-corrected chi connectivity index (χ1v) is 6.62. The van der Waals surface area contributed by atoms with Crippen LogP contribution in [0, 0.1) is 0 Å². The minimum Gasteiger partial charge on any atom is -0.330 e. The fraction of sp³-hybridized carbons (Fsp3) is 0.667. The third kappa shape index (κ3) is 2.24. The van der Waals surface area contributed by atoms with Crippen LogP contribution >= 0.6 is 23.1 Å². The number of hydrogen-bond acceptors (Lipinski definition) is 4. The Kier molecular flexibility index (Phi) is 3.24. The molecule has 0 amide bonds. The normalized spacial score (nSPS) is 15.8. The van der Waals surface area contributed by atoms with Gasteiger partial charge in [0.1, 0.15) is 0 Å². The van der Waals surface area contributed by atoms with E-state index in [0.29, 0.717) is 0 Å². The van der Waals surface area contributed by atoms with Crippen molar-refractivity contribution in [2.45, 2.75) is 25.0 Å². The van der Waals surface area contributed by atoms with Gasteiger partial charge >= 0.3 is 0 Å². The van der Waals surface area contributed by atoms with Gasteiger partial charge in [0.2, 0.25) is 0 Å². The zero-order valence-electron chi connectivity index (χ0n) is 7.58. The Morgan fingerprint density at radius 2 is 2.38 bits per heavy atom. The third-order valence-corrected chi connectivity index (χ3v) is 4.46. The van der Waals surface area contributed by atoms with E-state index in [-0.39, 0.29) is 0 Å². The van der Waals surface area contributed by atoms with Crippen LogP contribution in [0.15, 0.2) is 0 Å². The van der Waals surface area contributed by atoms with Crippen LogP contribution in [0.4, 0.5) is 0 Å². The number of fused-ring (bicyclic) bond motifs is 1. The number of nitrogens with zero attached hydrogens (tertiary/aromatic N) is 1. The molecule has 72 valence electrons. The number of thiazole rings is 1. The van der Waals surface area contributed by atoms with Crippen molar-refractivity contribution in [2.24, 2.45) is 5.73 Å². The van der Waals surface area contributed by atoms with Gasteiger partial charge in [0.25, 0.3) is 0 Å². The number of rotatable bonds is 3. The fourth-order valence-corrected chi connectivity index (χ4v) is 3.71. The number of aryl methyl sites for hydroxylation is 2. The Morgan fingerprint density at radius 3 is 3.15 bits per heavy atom. The summed E-state index contributed by atoms with van der Waals surface area (Å²) in [5.74, 6) is 2.42. The summed E-state index contributed by atoms with van der Waals surface area (Å²) in [5, 5.41) is 1.29. The van der Waals surface area contributed by atoms with Crippen LogP contribution in [0.2, 0.25) is 0 Å². The molecular weight excluding hydrogens is 200 g/mol. The Balaban J connectivity index is 2.07. The molecule has 0 aromatic carbocycles. The van der Waals surface area contributed by atoms with Crippen molar-refractivity contribution in [3.05, 3.63) is 15.6 Å². The molecule has 1 aliphatic heterocycles. The maximum absolute atomic E-state index is 5.47. The van der Waals surface area contributed by atoms with Crippen molar-refractivity contribution in [1.82, 2.24) is 4.98 Å². The van der Waals surface area contributed by atoms with E-state index in [9.17, 15) is 0 Å². The monoisotopic (exact) mass is 214 g/mol. The highest BCUT2D eigenvalue weighted by atomic mass is 32.2. The minimum atomic E-state index is 0.777. The van der Waals surface area contributed by atoms with Gasteiger partial charge in [-0.15, -0.1) is 11.3 Å². The lowest BCUT2D eigenvalue weighted by Crippen LogP contribution is -2.01. The number of hydrogen-bond donors (Lipinski definition) is 1. The number of thioether (sulfide) groups is 1. The van der Waals surface area contributed by atoms with Gasteiger partial charge in [0.15, 0.2) is 0 Å². The lowest BCUT2D eigenvalue weighted by atomic mass is 10.3. The van der Waals surface area contributed by atoms with Crippen LogP contribution in [-0.2, 0) is 18.6 Å². The summed E-state index contributed by atoms with van der Waals surface area (Å²) < 4.78 is 0. The van der Waals surface area contributed by atoms with E-state index in [1.807, 2.05) is 23.1 Å². The molecule has 0 saturated heterocycles. The van der Waals surface area contributed by atoms with E-state index in [2.05, 4.69) is 4.98 Å². The first kappa shape index (κ1) is 9.49. The first-order chi connectivity index (χ1) is 6.40. The predicted octanol–water partition coefficient (Wildman–Crippen LogP) is 1.82. The van der Waals surface area contributed by atoms with Crippen LogP contribution in [0.3, 0.4) is 0 Å². The van der Waals surface area contributed by atoms with Crippen LogP contribution in [0.25, 0.3) is 0 Å². The van der Waals surface area contributed by atoms with Gasteiger partial charge in [0.05, 0.1) is 10.7 Å². The molecule has 2 heterocycles. The topological polar surface area (TPSA) is 38.9 Å². The van der Waals surface area contributed by atoms with E-state index in [1.54, 1.807) is 0 Å². The van der Waals surface area contributed by atoms with Crippen LogP contribution in [0.5, 0.6) is 0 Å². The molecule has 13 heavy (non-hydrogen) atoms. The highest BCUT2D eigenvalue weighted by Crippen LogP contribution is 2.29. The highest BCUT2D eigenvalue weighted by Gasteiger charge is 2.14. The van der Waals surface area contributed by atoms with Crippen molar-refractivity contribution in [1.29, 1.82) is 0 Å². The highest BCUT2D eigenvalue weighted by molar-refractivity contribution is 7.98. The van der Waals surface area contributed by atoms with Crippen molar-refractivity contribution in [3.8, 4) is 0 Å². The Labute approximate surface area is 86.9 Å². The van der Waals surface area contributed by atoms with Gasteiger partial charge in [-0.1, -0.05) is 0 Å². The van der Waals surface area contributed by atoms with Crippen molar-refractivity contribution >= 4 is 23.1 Å². The zero-order chi connectivity index (χ0) is 9.10. The molecule has 2 rings (SSSR count). The average molecular weight is 214 g/mol. The quantitative estimate of drug-likeness (QED) is 0.834. The van der Waals surface area contributed by atoms with E-state index >= 15 is 0 Å². The van der Waals surface area contributed by atoms with Gasteiger partial charge in [-0.2, -0.15) is 11.8 Å². The van der Waals surface area contributed by atoms with Gasteiger partial charge in [-0.3, -0.25) is 0 Å². The van der Waals surface area contributed by atoms with Crippen molar-refractivity contribution < 1.29 is 0 Å². The third-order valence-electron chi connectivity index (χ3n) is 2.13. The van der Waals surface area contributed by atoms with E-state index in [1.165, 1.54) is 33.5 Å². The minimum absolute atomic E-state index is 0.777. The van der Waals surface area contributed by atoms with Crippen LogP contribution < -0.4 is 5.73 Å². The molecule has 1 aromatic heterocycles. The first-order valence-electron chi connectivity index (χ1n) is 4.65. The van der Waals surface area contributed by atoms with Gasteiger partial charge in [-0.05, 0) is 25.1 Å². The molecule has 4 heteroatoms. The molecule has 0 spiro atoms. The average Bonchev–Trinajstić information content (AvgIpc) is 2.57. The summed E-state index contributed by atoms with van der Waals surface area (Å²) >= 11 is 3.91. The Bertz CT molecular complexity index is 260. The van der Waals surface area contributed by atoms with Crippen molar-refractivity contribution in [3.63, 3.8) is 0 Å². The van der Waals surface area contributed by atoms with Crippen LogP contribution in [0.1, 0.15) is 22.0 Å². The molecular formula is C9H14N2S2. The molecule has 1 aromatic rings. The number of aromatic nitrogens is 1. The molecule has 2 nitrogen and oxygen atoms in total. The maximum atomic E-state index is 5.47. The van der Waals surface area contributed by atoms with Gasteiger partial charge in [0, 0.05) is 17.1 Å². The molecule has 0 saturated carbocycles. The maximum Gasteiger partial charge on any atom is 0.0931 e. The standard InChI is InChI=1S/C9H14N2S2/c10-4-1-2-9-11-7-3-5-12-6-8(7)13-9/h1-6,10H2. The molecule has 0 unspecified atom stereocenters. The Morgan fingerprint density at radius 1 is 1.46 bits per heavy atom. The SMILES string of the molecule is NCCCc1nc2c(s1)CSCC2. The summed E-state index contributed by atoms with van der Waals surface area (Å²) in [6.45, 7) is 0.777. The molecule has 0 atom stereocenters. The summed E-state index contributed by atoms with van der Waals surface area (Å²) in [7, 11) is 0. The summed E-state index contributed by atoms with van der Waals surface area (Å²) in [6.07, 6.45) is 3.30. The molecule has 0 radical (unpaired) electrons. The van der Waals surface area contributed by atoms with E-state index in [0.717, 1.165) is 19.4 Å². The second-order valence-electron chi connectivity index (χ2n) is 3.17. The molecule has 0 fully saturated rings. The second kappa shape index (κ2) is 4.44. The van der Waals surface area contributed by atoms with Gasteiger partial charge in [-0.25, -0.2) is 4.98 Å². The molecule has 2 N–H and O–H groups in total. The smallest absolute Gasteiger partial charge is 0.0931 e.